The van der Waals surface area contributed by atoms with Gasteiger partial charge in [-0.05, 0) is 87.0 Å². The normalized spacial score (nSPS) is 44.7. The number of ether oxygens (including phenoxy) is 3. The van der Waals surface area contributed by atoms with Gasteiger partial charge in [0.2, 0.25) is 5.88 Å². The third-order valence-electron chi connectivity index (χ3n) is 12.8. The number of Topliss-reactive ketones (excluding diaryl/α,β-unsaturated/α-hetero) is 1. The molecule has 1 aromatic rings. The second-order valence-corrected chi connectivity index (χ2v) is 14.1. The number of rotatable bonds is 5. The third kappa shape index (κ3) is 3.52. The van der Waals surface area contributed by atoms with E-state index in [-0.39, 0.29) is 53.3 Å². The predicted molar refractivity (Wildman–Crippen MR) is 151 cm³/mol. The molecule has 42 heavy (non-hydrogen) atoms. The summed E-state index contributed by atoms with van der Waals surface area (Å²) < 4.78 is 33.4. The number of halogens is 1. The van der Waals surface area contributed by atoms with Crippen LogP contribution in [0.2, 0.25) is 0 Å². The van der Waals surface area contributed by atoms with Gasteiger partial charge in [-0.15, -0.1) is 0 Å². The number of epoxide rings is 1. The average molecular weight is 581 g/mol. The van der Waals surface area contributed by atoms with E-state index < -0.39 is 23.2 Å². The highest BCUT2D eigenvalue weighted by molar-refractivity contribution is 6.24. The summed E-state index contributed by atoms with van der Waals surface area (Å²) >= 11 is 0. The van der Waals surface area contributed by atoms with E-state index in [4.69, 9.17) is 14.2 Å². The SMILES string of the molecule is COc1cnc(C2=C[C@@H](F)[C@@]34O[C@@H]3C[C@H]3[C@@H]5CC[C@H]([C@H](C)C6CC(C)=C(CO)C(=O)O6)[C@@]5(C)CC[C@@H]3[C@@]4(C)C2=O)cn1. The molecule has 11 atom stereocenters. The summed E-state index contributed by atoms with van der Waals surface area (Å²) in [4.78, 5) is 35.7. The van der Waals surface area contributed by atoms with Crippen LogP contribution in [0, 0.1) is 40.4 Å². The number of allylic oxidation sites excluding steroid dienone is 1. The van der Waals surface area contributed by atoms with Gasteiger partial charge >= 0.3 is 5.97 Å². The molecule has 0 radical (unpaired) electrons. The van der Waals surface area contributed by atoms with E-state index >= 15 is 4.39 Å². The largest absolute Gasteiger partial charge is 0.480 e. The Morgan fingerprint density at radius 2 is 1.95 bits per heavy atom. The minimum absolute atomic E-state index is 0.00818. The van der Waals surface area contributed by atoms with E-state index in [9.17, 15) is 14.7 Å². The Morgan fingerprint density at radius 3 is 2.62 bits per heavy atom. The van der Waals surface area contributed by atoms with Crippen LogP contribution >= 0.6 is 0 Å². The van der Waals surface area contributed by atoms with E-state index in [2.05, 4.69) is 23.8 Å². The topological polar surface area (TPSA) is 111 Å². The molecule has 3 heterocycles. The number of carbonyl (C=O) groups excluding carboxylic acids is 2. The molecule has 9 heteroatoms. The Bertz CT molecular complexity index is 1390. The van der Waals surface area contributed by atoms with Crippen LogP contribution in [0.5, 0.6) is 5.88 Å². The first-order valence-corrected chi connectivity index (χ1v) is 15.5. The molecule has 1 N–H and O–H groups in total. The summed E-state index contributed by atoms with van der Waals surface area (Å²) in [7, 11) is 1.50. The van der Waals surface area contributed by atoms with Crippen LogP contribution in [-0.2, 0) is 19.1 Å². The molecule has 0 aromatic carbocycles. The van der Waals surface area contributed by atoms with Crippen molar-refractivity contribution in [2.24, 2.45) is 40.4 Å². The third-order valence-corrected chi connectivity index (χ3v) is 12.8. The lowest BCUT2D eigenvalue weighted by Crippen LogP contribution is -2.63. The molecule has 4 aliphatic carbocycles. The first kappa shape index (κ1) is 28.1. The highest BCUT2D eigenvalue weighted by Gasteiger charge is 2.81. The van der Waals surface area contributed by atoms with Gasteiger partial charge in [0.1, 0.15) is 11.7 Å². The number of ketones is 1. The zero-order valence-electron chi connectivity index (χ0n) is 25.1. The number of aliphatic hydroxyl groups is 1. The van der Waals surface area contributed by atoms with Gasteiger partial charge in [0.05, 0.1) is 48.9 Å². The Balaban J connectivity index is 1.18. The quantitative estimate of drug-likeness (QED) is 0.396. The highest BCUT2D eigenvalue weighted by Crippen LogP contribution is 2.74. The zero-order valence-corrected chi connectivity index (χ0v) is 25.1. The number of carbonyl (C=O) groups is 2. The lowest BCUT2D eigenvalue weighted by Gasteiger charge is -2.58. The van der Waals surface area contributed by atoms with Gasteiger partial charge in [0.25, 0.3) is 0 Å². The number of fused-ring (bicyclic) bond motifs is 4. The number of cyclic esters (lactones) is 1. The molecule has 1 saturated heterocycles. The van der Waals surface area contributed by atoms with Crippen molar-refractivity contribution < 1.29 is 33.3 Å². The zero-order chi connectivity index (χ0) is 29.8. The van der Waals surface area contributed by atoms with Gasteiger partial charge in [-0.2, -0.15) is 0 Å². The molecular weight excluding hydrogens is 539 g/mol. The molecular formula is C33H41FN2O6. The van der Waals surface area contributed by atoms with Crippen LogP contribution in [0.15, 0.2) is 29.6 Å². The summed E-state index contributed by atoms with van der Waals surface area (Å²) in [6.07, 6.45) is 7.75. The molecule has 3 saturated carbocycles. The van der Waals surface area contributed by atoms with Gasteiger partial charge in [-0.25, -0.2) is 19.2 Å². The van der Waals surface area contributed by atoms with Crippen molar-refractivity contribution in [3.05, 3.63) is 35.3 Å². The maximum atomic E-state index is 16.2. The summed E-state index contributed by atoms with van der Waals surface area (Å²) in [6.45, 7) is 8.19. The fraction of sp³-hybridized carbons (Fsp3) is 0.697. The second-order valence-electron chi connectivity index (χ2n) is 14.1. The van der Waals surface area contributed by atoms with E-state index in [0.29, 0.717) is 35.4 Å². The average Bonchev–Trinajstić information content (AvgIpc) is 3.61. The first-order chi connectivity index (χ1) is 20.0. The van der Waals surface area contributed by atoms with Crippen molar-refractivity contribution in [1.29, 1.82) is 0 Å². The molecule has 7 rings (SSSR count). The van der Waals surface area contributed by atoms with Gasteiger partial charge in [0.15, 0.2) is 12.0 Å². The lowest BCUT2D eigenvalue weighted by atomic mass is 9.44. The minimum atomic E-state index is -1.39. The Morgan fingerprint density at radius 1 is 1.17 bits per heavy atom. The van der Waals surface area contributed by atoms with Gasteiger partial charge < -0.3 is 19.3 Å². The molecule has 8 nitrogen and oxygen atoms in total. The molecule has 0 bridgehead atoms. The van der Waals surface area contributed by atoms with Gasteiger partial charge in [-0.3, -0.25) is 4.79 Å². The van der Waals surface area contributed by atoms with Crippen LogP contribution in [0.25, 0.3) is 5.57 Å². The number of aromatic nitrogens is 2. The van der Waals surface area contributed by atoms with Crippen molar-refractivity contribution in [1.82, 2.24) is 9.97 Å². The fourth-order valence-electron chi connectivity index (χ4n) is 10.5. The van der Waals surface area contributed by atoms with Crippen molar-refractivity contribution in [2.75, 3.05) is 13.7 Å². The monoisotopic (exact) mass is 580 g/mol. The van der Waals surface area contributed by atoms with E-state index in [1.165, 1.54) is 25.6 Å². The lowest BCUT2D eigenvalue weighted by molar-refractivity contribution is -0.154. The predicted octanol–water partition coefficient (Wildman–Crippen LogP) is 4.66. The summed E-state index contributed by atoms with van der Waals surface area (Å²) in [5.41, 5.74) is -0.105. The van der Waals surface area contributed by atoms with E-state index in [0.717, 1.165) is 37.7 Å². The van der Waals surface area contributed by atoms with Crippen molar-refractivity contribution in [3.8, 4) is 5.88 Å². The number of hydrogen-bond donors (Lipinski definition) is 1. The van der Waals surface area contributed by atoms with Gasteiger partial charge in [0, 0.05) is 12.0 Å². The van der Waals surface area contributed by atoms with E-state index in [1.54, 1.807) is 0 Å². The summed E-state index contributed by atoms with van der Waals surface area (Å²) in [5.74, 6) is 1.03. The van der Waals surface area contributed by atoms with Crippen LogP contribution < -0.4 is 4.74 Å². The van der Waals surface area contributed by atoms with Crippen LogP contribution in [0.3, 0.4) is 0 Å². The molecule has 0 amide bonds. The summed E-state index contributed by atoms with van der Waals surface area (Å²) in [5, 5.41) is 9.61. The number of methoxy groups -OCH3 is 1. The number of hydrogen-bond acceptors (Lipinski definition) is 8. The fourth-order valence-corrected chi connectivity index (χ4v) is 10.5. The maximum Gasteiger partial charge on any atom is 0.336 e. The maximum absolute atomic E-state index is 16.2. The molecule has 2 aliphatic heterocycles. The molecule has 1 aromatic heterocycles. The van der Waals surface area contributed by atoms with Crippen LogP contribution in [0.4, 0.5) is 4.39 Å². The Labute approximate surface area is 246 Å². The highest BCUT2D eigenvalue weighted by atomic mass is 19.1. The smallest absolute Gasteiger partial charge is 0.336 e. The Hall–Kier alpha value is -2.65. The number of esters is 1. The van der Waals surface area contributed by atoms with Crippen molar-refractivity contribution in [3.63, 3.8) is 0 Å². The van der Waals surface area contributed by atoms with Crippen LogP contribution in [0.1, 0.15) is 71.9 Å². The van der Waals surface area contributed by atoms with E-state index in [1.807, 2.05) is 13.8 Å². The Kier molecular flexibility index (Phi) is 6.31. The van der Waals surface area contributed by atoms with Crippen molar-refractivity contribution >= 4 is 17.3 Å². The standard InChI is InChI=1S/C33H41FN2O6/c1-16-10-25(41-30(39)20(16)15-37)17(2)21-6-7-22-18-12-27-33(42-27)26(34)11-19(24-13-36-28(40-5)14-35-24)29(38)32(33,4)23(18)8-9-31(21,22)3/h11,13-14,17-18,21-23,25-27,37H,6-10,12,15H2,1-5H3/t17-,18-,21+,22-,23-,25?,26+,27+,31+,32-,33+/m0/s1. The molecule has 1 unspecified atom stereocenters. The molecule has 6 aliphatic rings. The number of alkyl halides is 1. The first-order valence-electron chi connectivity index (χ1n) is 15.5. The van der Waals surface area contributed by atoms with Crippen LogP contribution in [-0.4, -0.2) is 64.5 Å². The van der Waals surface area contributed by atoms with Crippen molar-refractivity contribution in [2.45, 2.75) is 90.2 Å². The second kappa shape index (κ2) is 9.42. The van der Waals surface area contributed by atoms with Gasteiger partial charge in [-0.1, -0.05) is 19.4 Å². The molecule has 4 fully saturated rings. The summed E-state index contributed by atoms with van der Waals surface area (Å²) in [6, 6.07) is 0. The number of nitrogens with zero attached hydrogens (tertiary/aromatic N) is 2. The molecule has 1 spiro atoms. The minimum Gasteiger partial charge on any atom is -0.480 e. The number of aliphatic hydroxyl groups excluding tert-OH is 1. The molecule has 226 valence electrons.